The van der Waals surface area contributed by atoms with Crippen molar-refractivity contribution in [3.63, 3.8) is 0 Å². The van der Waals surface area contributed by atoms with Gasteiger partial charge in [-0.2, -0.15) is 5.26 Å². The Bertz CT molecular complexity index is 540. The third kappa shape index (κ3) is 2.92. The van der Waals surface area contributed by atoms with Gasteiger partial charge in [0.05, 0.1) is 11.8 Å². The molecule has 7 heteroatoms. The van der Waals surface area contributed by atoms with E-state index in [-0.39, 0.29) is 17.6 Å². The van der Waals surface area contributed by atoms with Gasteiger partial charge in [0.1, 0.15) is 5.54 Å². The van der Waals surface area contributed by atoms with E-state index in [9.17, 15) is 18.5 Å². The molecule has 0 atom stereocenters. The molecular weight excluding hydrogens is 290 g/mol. The molecular formula is C14H23N3O3S. The first-order valence-electron chi connectivity index (χ1n) is 7.53. The zero-order chi connectivity index (χ0) is 15.7. The minimum absolute atomic E-state index is 0.00945. The van der Waals surface area contributed by atoms with Crippen LogP contribution in [0.4, 0.5) is 0 Å². The van der Waals surface area contributed by atoms with E-state index in [1.807, 2.05) is 0 Å². The lowest BCUT2D eigenvalue weighted by Gasteiger charge is -2.44. The van der Waals surface area contributed by atoms with Gasteiger partial charge in [-0.15, -0.1) is 0 Å². The molecule has 0 N–H and O–H groups in total. The topological polar surface area (TPSA) is 81.5 Å². The number of piperidine rings is 1. The van der Waals surface area contributed by atoms with E-state index in [2.05, 4.69) is 6.07 Å². The monoisotopic (exact) mass is 313 g/mol. The lowest BCUT2D eigenvalue weighted by molar-refractivity contribution is -0.142. The molecule has 0 radical (unpaired) electrons. The molecule has 118 valence electrons. The second-order valence-corrected chi connectivity index (χ2v) is 8.23. The summed E-state index contributed by atoms with van der Waals surface area (Å²) in [4.78, 5) is 14.1. The van der Waals surface area contributed by atoms with E-state index in [0.717, 1.165) is 19.3 Å². The van der Waals surface area contributed by atoms with Crippen LogP contribution in [0.25, 0.3) is 0 Å². The van der Waals surface area contributed by atoms with Gasteiger partial charge in [-0.05, 0) is 39.0 Å². The second kappa shape index (κ2) is 5.93. The number of nitrogens with zero attached hydrogens (tertiary/aromatic N) is 3. The van der Waals surface area contributed by atoms with Gasteiger partial charge in [0, 0.05) is 26.1 Å². The Labute approximate surface area is 126 Å². The van der Waals surface area contributed by atoms with Gasteiger partial charge < -0.3 is 4.90 Å². The fourth-order valence-corrected chi connectivity index (χ4v) is 4.21. The first-order chi connectivity index (χ1) is 9.86. The van der Waals surface area contributed by atoms with Crippen LogP contribution in [-0.4, -0.2) is 55.0 Å². The van der Waals surface area contributed by atoms with Crippen molar-refractivity contribution in [3.05, 3.63) is 0 Å². The number of rotatable bonds is 4. The number of carbonyl (C=O) groups is 1. The molecule has 6 nitrogen and oxygen atoms in total. The lowest BCUT2D eigenvalue weighted by atomic mass is 9.76. The SMILES string of the molecule is CCS(=O)(=O)N1CCC(C(=O)N(C)C2(C#N)CCC2)CC1. The summed E-state index contributed by atoms with van der Waals surface area (Å²) in [5.74, 6) is -0.0720. The van der Waals surface area contributed by atoms with Gasteiger partial charge in [-0.1, -0.05) is 0 Å². The van der Waals surface area contributed by atoms with Crippen molar-refractivity contribution in [2.24, 2.45) is 5.92 Å². The largest absolute Gasteiger partial charge is 0.327 e. The van der Waals surface area contributed by atoms with E-state index in [0.29, 0.717) is 25.9 Å². The van der Waals surface area contributed by atoms with Crippen LogP contribution in [0.3, 0.4) is 0 Å². The maximum absolute atomic E-state index is 12.5. The smallest absolute Gasteiger partial charge is 0.226 e. The molecule has 0 unspecified atom stereocenters. The van der Waals surface area contributed by atoms with Crippen molar-refractivity contribution in [1.82, 2.24) is 9.21 Å². The van der Waals surface area contributed by atoms with Crippen molar-refractivity contribution >= 4 is 15.9 Å². The summed E-state index contributed by atoms with van der Waals surface area (Å²) in [5, 5.41) is 9.30. The highest BCUT2D eigenvalue weighted by molar-refractivity contribution is 7.89. The lowest BCUT2D eigenvalue weighted by Crippen LogP contribution is -2.56. The number of sulfonamides is 1. The Balaban J connectivity index is 1.96. The number of carbonyl (C=O) groups excluding carboxylic acids is 1. The Morgan fingerprint density at radius 3 is 2.33 bits per heavy atom. The predicted molar refractivity (Wildman–Crippen MR) is 78.7 cm³/mol. The summed E-state index contributed by atoms with van der Waals surface area (Å²) in [6, 6.07) is 2.28. The summed E-state index contributed by atoms with van der Waals surface area (Å²) < 4.78 is 25.1. The van der Waals surface area contributed by atoms with Gasteiger partial charge in [0.15, 0.2) is 0 Å². The normalized spacial score (nSPS) is 23.1. The first-order valence-corrected chi connectivity index (χ1v) is 9.14. The van der Waals surface area contributed by atoms with Crippen LogP contribution >= 0.6 is 0 Å². The van der Waals surface area contributed by atoms with Crippen molar-refractivity contribution in [3.8, 4) is 6.07 Å². The highest BCUT2D eigenvalue weighted by atomic mass is 32.2. The maximum atomic E-state index is 12.5. The molecule has 1 saturated carbocycles. The Hall–Kier alpha value is -1.13. The number of nitriles is 1. The Morgan fingerprint density at radius 2 is 1.95 bits per heavy atom. The van der Waals surface area contributed by atoms with E-state index < -0.39 is 15.6 Å². The standard InChI is InChI=1S/C14H23N3O3S/c1-3-21(19,20)17-9-5-12(6-10-17)13(18)16(2)14(11-15)7-4-8-14/h12H,3-10H2,1-2H3. The van der Waals surface area contributed by atoms with E-state index in [4.69, 9.17) is 0 Å². The number of hydrogen-bond acceptors (Lipinski definition) is 4. The third-order valence-corrected chi connectivity index (χ3v) is 6.80. The van der Waals surface area contributed by atoms with E-state index in [1.54, 1.807) is 18.9 Å². The molecule has 1 amide bonds. The predicted octanol–water partition coefficient (Wildman–Crippen LogP) is 0.953. The average Bonchev–Trinajstić information content (AvgIpc) is 2.46. The minimum Gasteiger partial charge on any atom is -0.327 e. The molecule has 21 heavy (non-hydrogen) atoms. The fraction of sp³-hybridized carbons (Fsp3) is 0.857. The molecule has 0 spiro atoms. The third-order valence-electron chi connectivity index (χ3n) is 4.92. The molecule has 0 aromatic carbocycles. The summed E-state index contributed by atoms with van der Waals surface area (Å²) in [6.45, 7) is 2.44. The molecule has 1 heterocycles. The van der Waals surface area contributed by atoms with Gasteiger partial charge in [0.25, 0.3) is 0 Å². The van der Waals surface area contributed by atoms with E-state index in [1.165, 1.54) is 4.31 Å². The average molecular weight is 313 g/mol. The molecule has 1 saturated heterocycles. The Kier molecular flexibility index (Phi) is 4.59. The van der Waals surface area contributed by atoms with Crippen LogP contribution in [0.5, 0.6) is 0 Å². The summed E-state index contributed by atoms with van der Waals surface area (Å²) in [7, 11) is -1.45. The summed E-state index contributed by atoms with van der Waals surface area (Å²) in [5.41, 5.74) is -0.621. The minimum atomic E-state index is -3.16. The van der Waals surface area contributed by atoms with Gasteiger partial charge in [-0.3, -0.25) is 4.79 Å². The summed E-state index contributed by atoms with van der Waals surface area (Å²) in [6.07, 6.45) is 3.57. The fourth-order valence-electron chi connectivity index (χ4n) is 3.08. The van der Waals surface area contributed by atoms with Crippen LogP contribution in [0, 0.1) is 17.2 Å². The molecule has 1 aliphatic heterocycles. The molecule has 1 aliphatic carbocycles. The first kappa shape index (κ1) is 16.2. The molecule has 2 fully saturated rings. The van der Waals surface area contributed by atoms with Crippen LogP contribution in [0.15, 0.2) is 0 Å². The van der Waals surface area contributed by atoms with E-state index >= 15 is 0 Å². The Morgan fingerprint density at radius 1 is 1.38 bits per heavy atom. The number of hydrogen-bond donors (Lipinski definition) is 0. The summed E-state index contributed by atoms with van der Waals surface area (Å²) >= 11 is 0. The zero-order valence-corrected chi connectivity index (χ0v) is 13.5. The highest BCUT2D eigenvalue weighted by Gasteiger charge is 2.45. The zero-order valence-electron chi connectivity index (χ0n) is 12.7. The van der Waals surface area contributed by atoms with Crippen molar-refractivity contribution in [1.29, 1.82) is 5.26 Å². The van der Waals surface area contributed by atoms with Gasteiger partial charge in [-0.25, -0.2) is 12.7 Å². The van der Waals surface area contributed by atoms with Crippen LogP contribution in [0.1, 0.15) is 39.0 Å². The molecule has 0 bridgehead atoms. The van der Waals surface area contributed by atoms with Crippen LogP contribution < -0.4 is 0 Å². The molecule has 2 rings (SSSR count). The molecule has 2 aliphatic rings. The van der Waals surface area contributed by atoms with Crippen molar-refractivity contribution in [2.75, 3.05) is 25.9 Å². The second-order valence-electron chi connectivity index (χ2n) is 5.97. The van der Waals surface area contributed by atoms with Gasteiger partial charge in [0.2, 0.25) is 15.9 Å². The van der Waals surface area contributed by atoms with Crippen molar-refractivity contribution < 1.29 is 13.2 Å². The quantitative estimate of drug-likeness (QED) is 0.774. The van der Waals surface area contributed by atoms with Crippen LogP contribution in [-0.2, 0) is 14.8 Å². The molecule has 0 aromatic heterocycles. The highest BCUT2D eigenvalue weighted by Crippen LogP contribution is 2.37. The van der Waals surface area contributed by atoms with Gasteiger partial charge >= 0.3 is 0 Å². The van der Waals surface area contributed by atoms with Crippen LogP contribution in [0.2, 0.25) is 0 Å². The maximum Gasteiger partial charge on any atom is 0.226 e. The molecule has 0 aromatic rings. The van der Waals surface area contributed by atoms with Crippen molar-refractivity contribution in [2.45, 2.75) is 44.6 Å². The number of amides is 1.